The van der Waals surface area contributed by atoms with Gasteiger partial charge in [-0.1, -0.05) is 6.07 Å². The minimum Gasteiger partial charge on any atom is -0.368 e. The van der Waals surface area contributed by atoms with E-state index in [-0.39, 0.29) is 24.1 Å². The van der Waals surface area contributed by atoms with E-state index in [1.165, 1.54) is 17.0 Å². The second-order valence-electron chi connectivity index (χ2n) is 5.36. The molecule has 1 aliphatic rings. The van der Waals surface area contributed by atoms with Crippen molar-refractivity contribution in [3.05, 3.63) is 35.1 Å². The number of nitrogens with two attached hydrogens (primary N) is 1. The third-order valence-corrected chi connectivity index (χ3v) is 3.73. The Kier molecular flexibility index (Phi) is 4.90. The maximum Gasteiger partial charge on any atom is 0.254 e. The molecule has 0 spiro atoms. The van der Waals surface area contributed by atoms with Crippen LogP contribution < -0.4 is 11.1 Å². The lowest BCUT2D eigenvalue weighted by molar-refractivity contribution is -0.119. The van der Waals surface area contributed by atoms with Crippen molar-refractivity contribution in [1.29, 1.82) is 0 Å². The summed E-state index contributed by atoms with van der Waals surface area (Å²) in [5.74, 6) is -1.38. The topological polar surface area (TPSA) is 75.4 Å². The van der Waals surface area contributed by atoms with Gasteiger partial charge in [-0.2, -0.15) is 0 Å². The summed E-state index contributed by atoms with van der Waals surface area (Å²) >= 11 is 0. The molecule has 6 heteroatoms. The van der Waals surface area contributed by atoms with Crippen LogP contribution in [0.4, 0.5) is 4.39 Å². The van der Waals surface area contributed by atoms with Gasteiger partial charge in [0.05, 0.1) is 6.54 Å². The summed E-state index contributed by atoms with van der Waals surface area (Å²) in [5, 5.41) is 3.20. The molecule has 114 valence electrons. The number of hydrogen-bond acceptors (Lipinski definition) is 3. The summed E-state index contributed by atoms with van der Waals surface area (Å²) in [6.07, 6.45) is 1.73. The van der Waals surface area contributed by atoms with Gasteiger partial charge in [0.2, 0.25) is 5.91 Å². The van der Waals surface area contributed by atoms with Gasteiger partial charge in [-0.3, -0.25) is 9.59 Å². The molecule has 0 bridgehead atoms. The molecular formula is C15H20FN3O2. The van der Waals surface area contributed by atoms with E-state index in [9.17, 15) is 14.0 Å². The van der Waals surface area contributed by atoms with Gasteiger partial charge < -0.3 is 16.0 Å². The van der Waals surface area contributed by atoms with E-state index in [0.29, 0.717) is 12.1 Å². The zero-order valence-corrected chi connectivity index (χ0v) is 12.1. The Labute approximate surface area is 123 Å². The van der Waals surface area contributed by atoms with Gasteiger partial charge in [-0.05, 0) is 44.0 Å². The number of carbonyl (C=O) groups is 2. The molecule has 0 aliphatic carbocycles. The predicted molar refractivity (Wildman–Crippen MR) is 77.3 cm³/mol. The summed E-state index contributed by atoms with van der Waals surface area (Å²) in [6.45, 7) is 3.11. The van der Waals surface area contributed by atoms with E-state index >= 15 is 0 Å². The van der Waals surface area contributed by atoms with Gasteiger partial charge in [0.25, 0.3) is 5.91 Å². The zero-order valence-electron chi connectivity index (χ0n) is 12.1. The number of nitrogens with one attached hydrogen (secondary N) is 1. The number of benzene rings is 1. The molecule has 1 saturated heterocycles. The van der Waals surface area contributed by atoms with Crippen LogP contribution in [0.5, 0.6) is 0 Å². The van der Waals surface area contributed by atoms with Crippen molar-refractivity contribution in [3.63, 3.8) is 0 Å². The molecule has 5 nitrogen and oxygen atoms in total. The van der Waals surface area contributed by atoms with Crippen molar-refractivity contribution in [2.75, 3.05) is 19.6 Å². The SMILES string of the molecule is Cc1ccc(F)cc1C(=O)N(CC(N)=O)C1CCCNC1. The van der Waals surface area contributed by atoms with Crippen LogP contribution in [0.3, 0.4) is 0 Å². The van der Waals surface area contributed by atoms with Gasteiger partial charge in [0, 0.05) is 18.2 Å². The third-order valence-electron chi connectivity index (χ3n) is 3.73. The van der Waals surface area contributed by atoms with E-state index in [2.05, 4.69) is 5.32 Å². The van der Waals surface area contributed by atoms with Gasteiger partial charge in [-0.15, -0.1) is 0 Å². The van der Waals surface area contributed by atoms with Crippen LogP contribution in [0.25, 0.3) is 0 Å². The molecule has 1 fully saturated rings. The molecule has 0 radical (unpaired) electrons. The second-order valence-corrected chi connectivity index (χ2v) is 5.36. The van der Waals surface area contributed by atoms with Crippen molar-refractivity contribution in [2.24, 2.45) is 5.73 Å². The average molecular weight is 293 g/mol. The maximum absolute atomic E-state index is 13.4. The van der Waals surface area contributed by atoms with Crippen molar-refractivity contribution in [1.82, 2.24) is 10.2 Å². The Morgan fingerprint density at radius 1 is 1.48 bits per heavy atom. The predicted octanol–water partition coefficient (Wildman–Crippen LogP) is 0.814. The highest BCUT2D eigenvalue weighted by atomic mass is 19.1. The lowest BCUT2D eigenvalue weighted by Gasteiger charge is -2.34. The summed E-state index contributed by atoms with van der Waals surface area (Å²) in [4.78, 5) is 25.4. The molecule has 1 aromatic rings. The van der Waals surface area contributed by atoms with Gasteiger partial charge in [-0.25, -0.2) is 4.39 Å². The fourth-order valence-electron chi connectivity index (χ4n) is 2.61. The molecule has 1 heterocycles. The zero-order chi connectivity index (χ0) is 15.4. The van der Waals surface area contributed by atoms with Gasteiger partial charge in [0.15, 0.2) is 0 Å². The molecule has 1 unspecified atom stereocenters. The highest BCUT2D eigenvalue weighted by Gasteiger charge is 2.28. The van der Waals surface area contributed by atoms with E-state index in [0.717, 1.165) is 19.4 Å². The summed E-state index contributed by atoms with van der Waals surface area (Å²) in [6, 6.07) is 3.99. The third kappa shape index (κ3) is 3.78. The Morgan fingerprint density at radius 2 is 2.24 bits per heavy atom. The van der Waals surface area contributed by atoms with Crippen molar-refractivity contribution >= 4 is 11.8 Å². The number of amides is 2. The van der Waals surface area contributed by atoms with Crippen LogP contribution in [0, 0.1) is 12.7 Å². The van der Waals surface area contributed by atoms with Gasteiger partial charge in [0.1, 0.15) is 5.82 Å². The molecule has 3 N–H and O–H groups in total. The van der Waals surface area contributed by atoms with Crippen LogP contribution >= 0.6 is 0 Å². The highest BCUT2D eigenvalue weighted by molar-refractivity contribution is 5.97. The number of hydrogen-bond donors (Lipinski definition) is 2. The first-order chi connectivity index (χ1) is 9.99. The van der Waals surface area contributed by atoms with Crippen LogP contribution in [0.15, 0.2) is 18.2 Å². The lowest BCUT2D eigenvalue weighted by atomic mass is 10.0. The number of carbonyl (C=O) groups excluding carboxylic acids is 2. The minimum atomic E-state index is -0.567. The van der Waals surface area contributed by atoms with Crippen LogP contribution in [0.1, 0.15) is 28.8 Å². The molecule has 1 aliphatic heterocycles. The Morgan fingerprint density at radius 3 is 2.86 bits per heavy atom. The number of piperidine rings is 1. The van der Waals surface area contributed by atoms with E-state index < -0.39 is 11.7 Å². The molecule has 0 aromatic heterocycles. The maximum atomic E-state index is 13.4. The smallest absolute Gasteiger partial charge is 0.254 e. The molecular weight excluding hydrogens is 273 g/mol. The van der Waals surface area contributed by atoms with Crippen LogP contribution in [-0.4, -0.2) is 42.4 Å². The molecule has 21 heavy (non-hydrogen) atoms. The Hall–Kier alpha value is -1.95. The first-order valence-corrected chi connectivity index (χ1v) is 7.05. The fraction of sp³-hybridized carbons (Fsp3) is 0.467. The average Bonchev–Trinajstić information content (AvgIpc) is 2.47. The number of rotatable bonds is 4. The quantitative estimate of drug-likeness (QED) is 0.863. The highest BCUT2D eigenvalue weighted by Crippen LogP contribution is 2.17. The molecule has 2 amide bonds. The van der Waals surface area contributed by atoms with E-state index in [1.807, 2.05) is 0 Å². The number of aryl methyl sites for hydroxylation is 1. The Bertz CT molecular complexity index is 542. The molecule has 2 rings (SSSR count). The largest absolute Gasteiger partial charge is 0.368 e. The number of nitrogens with zero attached hydrogens (tertiary/aromatic N) is 1. The number of primary amides is 1. The molecule has 0 saturated carbocycles. The molecule has 1 aromatic carbocycles. The van der Waals surface area contributed by atoms with E-state index in [1.54, 1.807) is 13.0 Å². The summed E-state index contributed by atoms with van der Waals surface area (Å²) in [7, 11) is 0. The first-order valence-electron chi connectivity index (χ1n) is 7.05. The Balaban J connectivity index is 2.28. The van der Waals surface area contributed by atoms with Crippen molar-refractivity contribution < 1.29 is 14.0 Å². The number of halogens is 1. The van der Waals surface area contributed by atoms with Crippen molar-refractivity contribution in [2.45, 2.75) is 25.8 Å². The van der Waals surface area contributed by atoms with Crippen LogP contribution in [0.2, 0.25) is 0 Å². The second kappa shape index (κ2) is 6.67. The first kappa shape index (κ1) is 15.4. The van der Waals surface area contributed by atoms with Crippen LogP contribution in [-0.2, 0) is 4.79 Å². The van der Waals surface area contributed by atoms with Crippen molar-refractivity contribution in [3.8, 4) is 0 Å². The molecule has 1 atom stereocenters. The lowest BCUT2D eigenvalue weighted by Crippen LogP contribution is -2.51. The summed E-state index contributed by atoms with van der Waals surface area (Å²) in [5.41, 5.74) is 6.22. The van der Waals surface area contributed by atoms with E-state index in [4.69, 9.17) is 5.73 Å². The monoisotopic (exact) mass is 293 g/mol. The fourth-order valence-corrected chi connectivity index (χ4v) is 2.61. The van der Waals surface area contributed by atoms with Gasteiger partial charge >= 0.3 is 0 Å². The standard InChI is InChI=1S/C15H20FN3O2/c1-10-4-5-11(16)7-13(10)15(21)19(9-14(17)20)12-3-2-6-18-8-12/h4-5,7,12,18H,2-3,6,8-9H2,1H3,(H2,17,20). The minimum absolute atomic E-state index is 0.0959. The summed E-state index contributed by atoms with van der Waals surface area (Å²) < 4.78 is 13.4. The normalized spacial score (nSPS) is 18.3.